The Kier molecular flexibility index (Phi) is 9.40. The molecule has 0 heterocycles. The Morgan fingerprint density at radius 2 is 1.74 bits per heavy atom. The van der Waals surface area contributed by atoms with E-state index in [9.17, 15) is 27.9 Å². The largest absolute Gasteiger partial charge is 0.490 e. The maximum Gasteiger partial charge on any atom is 0.490 e. The summed E-state index contributed by atoms with van der Waals surface area (Å²) >= 11 is 0. The molecule has 1 atom stereocenters. The highest BCUT2D eigenvalue weighted by Gasteiger charge is 2.38. The summed E-state index contributed by atoms with van der Waals surface area (Å²) in [7, 11) is 1.39. The van der Waals surface area contributed by atoms with Crippen molar-refractivity contribution in [2.24, 2.45) is 0 Å². The molecule has 0 bridgehead atoms. The first-order chi connectivity index (χ1) is 12.4. The van der Waals surface area contributed by atoms with Crippen LogP contribution in [0.3, 0.4) is 0 Å². The van der Waals surface area contributed by atoms with E-state index in [0.717, 1.165) is 10.5 Å². The molecular weight excluding hydrogens is 373 g/mol. The maximum absolute atomic E-state index is 11.7. The summed E-state index contributed by atoms with van der Waals surface area (Å²) < 4.78 is 36.6. The van der Waals surface area contributed by atoms with Crippen LogP contribution in [-0.2, 0) is 20.7 Å². The molecule has 0 aliphatic carbocycles. The molecule has 0 unspecified atom stereocenters. The first-order valence-corrected chi connectivity index (χ1v) is 7.28. The van der Waals surface area contributed by atoms with Crippen LogP contribution in [0.1, 0.15) is 5.56 Å². The zero-order valence-electron chi connectivity index (χ0n) is 14.3. The zero-order chi connectivity index (χ0) is 21.2. The molecule has 0 fully saturated rings. The number of likely N-dealkylation sites (N-methyl/N-ethyl adjacent to an activating group) is 1. The predicted molar refractivity (Wildman–Crippen MR) is 89.0 cm³/mol. The molecule has 11 heteroatoms. The highest BCUT2D eigenvalue weighted by atomic mass is 19.4. The summed E-state index contributed by atoms with van der Waals surface area (Å²) in [6, 6.07) is 5.83. The van der Waals surface area contributed by atoms with Gasteiger partial charge in [0.25, 0.3) is 0 Å². The van der Waals surface area contributed by atoms with Crippen LogP contribution in [0.5, 0.6) is 0 Å². The van der Waals surface area contributed by atoms with Crippen LogP contribution in [0, 0.1) is 0 Å². The Morgan fingerprint density at radius 1 is 1.26 bits per heavy atom. The van der Waals surface area contributed by atoms with Gasteiger partial charge in [-0.15, -0.1) is 0 Å². The van der Waals surface area contributed by atoms with E-state index in [1.54, 1.807) is 24.3 Å². The van der Waals surface area contributed by atoms with Crippen molar-refractivity contribution < 1.29 is 42.5 Å². The number of nitrogens with two attached hydrogens (primary N) is 1. The summed E-state index contributed by atoms with van der Waals surface area (Å²) in [4.78, 5) is 32.9. The van der Waals surface area contributed by atoms with Gasteiger partial charge in [0, 0.05) is 19.2 Å². The van der Waals surface area contributed by atoms with E-state index in [4.69, 9.17) is 20.4 Å². The van der Waals surface area contributed by atoms with E-state index in [2.05, 4.69) is 6.58 Å². The standard InChI is InChI=1S/C14H18N2O4.C2HF3O2/c1-3-8-20-14(19)16(2)12(13(17)18)9-10-4-6-11(15)7-5-10;3-2(4,5)1(6)7/h3-7,12H,1,8-9,15H2,2H3,(H,17,18);(H,6,7)/t12-;/m0./s1. The predicted octanol–water partition coefficient (Wildman–Crippen LogP) is 2.15. The lowest BCUT2D eigenvalue weighted by atomic mass is 10.0. The molecule has 0 radical (unpaired) electrons. The lowest BCUT2D eigenvalue weighted by Gasteiger charge is -2.24. The number of hydrogen-bond acceptors (Lipinski definition) is 5. The zero-order valence-corrected chi connectivity index (χ0v) is 14.3. The van der Waals surface area contributed by atoms with Crippen molar-refractivity contribution in [1.82, 2.24) is 4.90 Å². The van der Waals surface area contributed by atoms with Gasteiger partial charge in [0.05, 0.1) is 0 Å². The molecule has 1 aromatic carbocycles. The van der Waals surface area contributed by atoms with E-state index in [0.29, 0.717) is 5.69 Å². The monoisotopic (exact) mass is 392 g/mol. The Balaban J connectivity index is 0.000000821. The molecule has 0 aliphatic heterocycles. The molecule has 8 nitrogen and oxygen atoms in total. The molecule has 0 spiro atoms. The molecule has 0 saturated carbocycles. The SMILES string of the molecule is C=CCOC(=O)N(C)[C@@H](Cc1ccc(N)cc1)C(=O)O.O=C(O)C(F)(F)F. The Labute approximate surface area is 152 Å². The van der Waals surface area contributed by atoms with Gasteiger partial charge in [0.2, 0.25) is 0 Å². The van der Waals surface area contributed by atoms with E-state index in [1.807, 2.05) is 0 Å². The lowest BCUT2D eigenvalue weighted by molar-refractivity contribution is -0.192. The summed E-state index contributed by atoms with van der Waals surface area (Å²) in [6.45, 7) is 3.46. The van der Waals surface area contributed by atoms with Crippen molar-refractivity contribution in [2.45, 2.75) is 18.6 Å². The summed E-state index contributed by atoms with van der Waals surface area (Å²) in [5.74, 6) is -3.85. The third kappa shape index (κ3) is 9.14. The fraction of sp³-hybridized carbons (Fsp3) is 0.312. The van der Waals surface area contributed by atoms with Gasteiger partial charge < -0.3 is 20.7 Å². The first-order valence-electron chi connectivity index (χ1n) is 7.28. The Bertz CT molecular complexity index is 661. The highest BCUT2D eigenvalue weighted by Crippen LogP contribution is 2.13. The number of hydrogen-bond donors (Lipinski definition) is 3. The fourth-order valence-corrected chi connectivity index (χ4v) is 1.63. The number of ether oxygens (including phenoxy) is 1. The molecule has 27 heavy (non-hydrogen) atoms. The molecule has 0 saturated heterocycles. The second kappa shape index (κ2) is 10.7. The first kappa shape index (κ1) is 23.8. The highest BCUT2D eigenvalue weighted by molar-refractivity contribution is 5.80. The van der Waals surface area contributed by atoms with Crippen molar-refractivity contribution in [3.05, 3.63) is 42.5 Å². The van der Waals surface area contributed by atoms with Gasteiger partial charge in [-0.3, -0.25) is 4.90 Å². The van der Waals surface area contributed by atoms with Gasteiger partial charge in [0.15, 0.2) is 0 Å². The Morgan fingerprint density at radius 3 is 2.11 bits per heavy atom. The number of aliphatic carboxylic acids is 2. The van der Waals surface area contributed by atoms with Gasteiger partial charge in [-0.05, 0) is 17.7 Å². The number of nitrogens with zero attached hydrogens (tertiary/aromatic N) is 1. The lowest BCUT2D eigenvalue weighted by Crippen LogP contribution is -2.44. The van der Waals surface area contributed by atoms with Crippen LogP contribution < -0.4 is 5.73 Å². The fourth-order valence-electron chi connectivity index (χ4n) is 1.63. The van der Waals surface area contributed by atoms with Gasteiger partial charge in [0.1, 0.15) is 12.6 Å². The van der Waals surface area contributed by atoms with Crippen LogP contribution in [0.25, 0.3) is 0 Å². The number of alkyl halides is 3. The number of nitrogen functional groups attached to an aromatic ring is 1. The molecule has 150 valence electrons. The average molecular weight is 392 g/mol. The Hall–Kier alpha value is -3.24. The second-order valence-electron chi connectivity index (χ2n) is 5.08. The van der Waals surface area contributed by atoms with Crippen LogP contribution in [0.4, 0.5) is 23.7 Å². The third-order valence-electron chi connectivity index (χ3n) is 3.02. The number of carbonyl (C=O) groups excluding carboxylic acids is 1. The number of carboxylic acid groups (broad SMARTS) is 2. The van der Waals surface area contributed by atoms with Crippen LogP contribution in [0.15, 0.2) is 36.9 Å². The number of benzene rings is 1. The number of halogens is 3. The number of amides is 1. The number of carbonyl (C=O) groups is 3. The third-order valence-corrected chi connectivity index (χ3v) is 3.02. The van der Waals surface area contributed by atoms with Gasteiger partial charge >= 0.3 is 24.2 Å². The van der Waals surface area contributed by atoms with Gasteiger partial charge in [-0.25, -0.2) is 14.4 Å². The molecule has 0 aromatic heterocycles. The minimum Gasteiger partial charge on any atom is -0.480 e. The van der Waals surface area contributed by atoms with Crippen LogP contribution in [-0.4, -0.2) is 59.0 Å². The van der Waals surface area contributed by atoms with Gasteiger partial charge in [-0.2, -0.15) is 13.2 Å². The van der Waals surface area contributed by atoms with Crippen LogP contribution >= 0.6 is 0 Å². The number of carboxylic acids is 2. The molecule has 4 N–H and O–H groups in total. The van der Waals surface area contributed by atoms with Gasteiger partial charge in [-0.1, -0.05) is 24.8 Å². The van der Waals surface area contributed by atoms with Crippen LogP contribution in [0.2, 0.25) is 0 Å². The van der Waals surface area contributed by atoms with E-state index in [-0.39, 0.29) is 13.0 Å². The smallest absolute Gasteiger partial charge is 0.480 e. The normalized spacial score (nSPS) is 11.4. The molecule has 1 amide bonds. The number of anilines is 1. The van der Waals surface area contributed by atoms with Crippen molar-refractivity contribution >= 4 is 23.7 Å². The van der Waals surface area contributed by atoms with Crippen molar-refractivity contribution in [1.29, 1.82) is 0 Å². The topological polar surface area (TPSA) is 130 Å². The quantitative estimate of drug-likeness (QED) is 0.499. The molecule has 0 aliphatic rings. The van der Waals surface area contributed by atoms with Crippen molar-refractivity contribution in [3.8, 4) is 0 Å². The summed E-state index contributed by atoms with van der Waals surface area (Å²) in [6.07, 6.45) is -4.19. The van der Waals surface area contributed by atoms with E-state index < -0.39 is 30.2 Å². The van der Waals surface area contributed by atoms with E-state index >= 15 is 0 Å². The molecule has 1 aromatic rings. The minimum absolute atomic E-state index is 0.0391. The summed E-state index contributed by atoms with van der Waals surface area (Å²) in [5.41, 5.74) is 6.94. The maximum atomic E-state index is 11.7. The van der Waals surface area contributed by atoms with Crippen molar-refractivity contribution in [2.75, 3.05) is 19.4 Å². The number of rotatable bonds is 6. The molecular formula is C16H19F3N2O6. The van der Waals surface area contributed by atoms with E-state index in [1.165, 1.54) is 13.1 Å². The van der Waals surface area contributed by atoms with Crippen molar-refractivity contribution in [3.63, 3.8) is 0 Å². The second-order valence-corrected chi connectivity index (χ2v) is 5.08. The average Bonchev–Trinajstić information content (AvgIpc) is 2.57. The molecule has 1 rings (SSSR count). The minimum atomic E-state index is -5.08. The summed E-state index contributed by atoms with van der Waals surface area (Å²) in [5, 5.41) is 16.4.